The molecule has 0 spiro atoms. The Morgan fingerprint density at radius 3 is 2.56 bits per heavy atom. The molecule has 0 aromatic carbocycles. The van der Waals surface area contributed by atoms with Gasteiger partial charge in [-0.25, -0.2) is 4.39 Å². The van der Waals surface area contributed by atoms with Gasteiger partial charge < -0.3 is 0 Å². The molecule has 0 aromatic heterocycles. The Morgan fingerprint density at radius 1 is 1.20 bits per heavy atom. The van der Waals surface area contributed by atoms with Crippen LogP contribution in [0, 0.1) is 34.5 Å². The van der Waals surface area contributed by atoms with Gasteiger partial charge in [0.25, 0.3) is 0 Å². The zero-order valence-corrected chi connectivity index (χ0v) is 15.6. The number of alkyl halides is 1. The van der Waals surface area contributed by atoms with E-state index in [4.69, 9.17) is 0 Å². The molecule has 0 aliphatic heterocycles. The van der Waals surface area contributed by atoms with E-state index in [9.17, 15) is 14.0 Å². The number of hydrogen-bond acceptors (Lipinski definition) is 2. The summed E-state index contributed by atoms with van der Waals surface area (Å²) in [6.07, 6.45) is 4.19. The summed E-state index contributed by atoms with van der Waals surface area (Å²) in [5.41, 5.74) is 2.40. The zero-order valence-electron chi connectivity index (χ0n) is 15.6. The van der Waals surface area contributed by atoms with Crippen molar-refractivity contribution in [3.8, 4) is 0 Å². The quantitative estimate of drug-likeness (QED) is 0.644. The summed E-state index contributed by atoms with van der Waals surface area (Å²) >= 11 is 0. The minimum Gasteiger partial charge on any atom is -0.296 e. The number of ketones is 2. The molecule has 0 bridgehead atoms. The molecule has 2 nitrogen and oxygen atoms in total. The van der Waals surface area contributed by atoms with Gasteiger partial charge in [0.1, 0.15) is 0 Å². The van der Waals surface area contributed by atoms with Crippen molar-refractivity contribution < 1.29 is 14.0 Å². The molecule has 0 unspecified atom stereocenters. The SMILES string of the molecule is C=C1C2=CC(=O)C=C(C)[C@]2(C)[C@H]2CC[C@]3(C)C(=O)[C@H](F)C[C@H]3[C@@H]2[C@@H]1C. The third-order valence-corrected chi connectivity index (χ3v) is 8.27. The highest BCUT2D eigenvalue weighted by atomic mass is 19.1. The van der Waals surface area contributed by atoms with Crippen LogP contribution in [0.1, 0.15) is 47.0 Å². The van der Waals surface area contributed by atoms with Crippen molar-refractivity contribution in [3.63, 3.8) is 0 Å². The highest BCUT2D eigenvalue weighted by Crippen LogP contribution is 2.67. The van der Waals surface area contributed by atoms with Crippen molar-refractivity contribution in [2.45, 2.75) is 53.1 Å². The fourth-order valence-corrected chi connectivity index (χ4v) is 6.63. The average Bonchev–Trinajstić information content (AvgIpc) is 2.78. The number of carbonyl (C=O) groups is 2. The minimum atomic E-state index is -1.32. The normalized spacial score (nSPS) is 49.2. The van der Waals surface area contributed by atoms with Crippen LogP contribution in [-0.2, 0) is 9.59 Å². The summed E-state index contributed by atoms with van der Waals surface area (Å²) in [6.45, 7) is 12.7. The molecule has 7 atom stereocenters. The highest BCUT2D eigenvalue weighted by Gasteiger charge is 2.64. The predicted molar refractivity (Wildman–Crippen MR) is 95.6 cm³/mol. The number of allylic oxidation sites excluding steroid dienone is 5. The predicted octanol–water partition coefficient (Wildman–Crippen LogP) is 4.61. The van der Waals surface area contributed by atoms with Crippen molar-refractivity contribution in [2.75, 3.05) is 0 Å². The lowest BCUT2D eigenvalue weighted by Gasteiger charge is -2.59. The molecular weight excluding hydrogens is 315 g/mol. The van der Waals surface area contributed by atoms with Gasteiger partial charge in [0, 0.05) is 10.8 Å². The van der Waals surface area contributed by atoms with Gasteiger partial charge in [0.2, 0.25) is 0 Å². The number of fused-ring (bicyclic) bond motifs is 5. The molecule has 0 N–H and O–H groups in total. The molecule has 25 heavy (non-hydrogen) atoms. The van der Waals surface area contributed by atoms with Crippen LogP contribution < -0.4 is 0 Å². The third-order valence-electron chi connectivity index (χ3n) is 8.27. The van der Waals surface area contributed by atoms with E-state index in [1.54, 1.807) is 12.2 Å². The molecule has 0 saturated heterocycles. The second kappa shape index (κ2) is 5.02. The molecule has 0 radical (unpaired) electrons. The molecule has 0 amide bonds. The van der Waals surface area contributed by atoms with Crippen molar-refractivity contribution in [3.05, 3.63) is 35.5 Å². The van der Waals surface area contributed by atoms with Crippen LogP contribution in [0.4, 0.5) is 4.39 Å². The van der Waals surface area contributed by atoms with E-state index < -0.39 is 11.6 Å². The number of Topliss-reactive ketones (excluding diaryl/α,β-unsaturated/α-hetero) is 1. The third kappa shape index (κ3) is 1.90. The lowest BCUT2D eigenvalue weighted by atomic mass is 9.44. The Bertz CT molecular complexity index is 760. The number of hydrogen-bond donors (Lipinski definition) is 0. The van der Waals surface area contributed by atoms with Crippen LogP contribution in [0.5, 0.6) is 0 Å². The summed E-state index contributed by atoms with van der Waals surface area (Å²) in [4.78, 5) is 24.6. The van der Waals surface area contributed by atoms with E-state index in [1.807, 2.05) is 13.8 Å². The second-order valence-electron chi connectivity index (χ2n) is 9.12. The Hall–Kier alpha value is -1.51. The van der Waals surface area contributed by atoms with Gasteiger partial charge in [-0.05, 0) is 73.2 Å². The van der Waals surface area contributed by atoms with Crippen molar-refractivity contribution in [2.24, 2.45) is 34.5 Å². The number of halogens is 1. The summed E-state index contributed by atoms with van der Waals surface area (Å²) in [5, 5.41) is 0. The van der Waals surface area contributed by atoms with Crippen molar-refractivity contribution in [1.82, 2.24) is 0 Å². The molecule has 0 heterocycles. The van der Waals surface area contributed by atoms with Crippen LogP contribution in [0.2, 0.25) is 0 Å². The monoisotopic (exact) mass is 342 g/mol. The standard InChI is InChI=1S/C22H27FO2/c1-11-8-14(24)9-16-12(2)13(3)19-15(22(11,16)5)6-7-21(4)17(19)10-18(23)20(21)25/h8-9,13,15,17-19H,2,6-7,10H2,1,3-5H3/t13-,15+,17+,18-,19-,21+,22-/m1/s1. The van der Waals surface area contributed by atoms with Crippen LogP contribution in [0.25, 0.3) is 0 Å². The summed E-state index contributed by atoms with van der Waals surface area (Å²) in [5.74, 6) is 0.674. The topological polar surface area (TPSA) is 34.1 Å². The summed E-state index contributed by atoms with van der Waals surface area (Å²) in [7, 11) is 0. The fraction of sp³-hybridized carbons (Fsp3) is 0.636. The van der Waals surface area contributed by atoms with Gasteiger partial charge in [-0.3, -0.25) is 9.59 Å². The van der Waals surface area contributed by atoms with E-state index >= 15 is 0 Å². The van der Waals surface area contributed by atoms with Gasteiger partial charge >= 0.3 is 0 Å². The molecule has 4 aliphatic rings. The summed E-state index contributed by atoms with van der Waals surface area (Å²) < 4.78 is 14.4. The molecule has 0 aromatic rings. The molecule has 4 rings (SSSR count). The Balaban J connectivity index is 1.85. The molecule has 3 saturated carbocycles. The average molecular weight is 342 g/mol. The first kappa shape index (κ1) is 16.9. The molecule has 134 valence electrons. The maximum Gasteiger partial charge on any atom is 0.178 e. The zero-order chi connectivity index (χ0) is 18.3. The van der Waals surface area contributed by atoms with Crippen LogP contribution in [0.15, 0.2) is 35.5 Å². The molecule has 3 heteroatoms. The second-order valence-corrected chi connectivity index (χ2v) is 9.12. The van der Waals surface area contributed by atoms with Crippen LogP contribution >= 0.6 is 0 Å². The largest absolute Gasteiger partial charge is 0.296 e. The van der Waals surface area contributed by atoms with Crippen LogP contribution in [0.3, 0.4) is 0 Å². The maximum atomic E-state index is 14.4. The highest BCUT2D eigenvalue weighted by molar-refractivity contribution is 6.02. The first-order valence-electron chi connectivity index (χ1n) is 9.45. The first-order chi connectivity index (χ1) is 11.6. The minimum absolute atomic E-state index is 0.0392. The number of rotatable bonds is 0. The lowest BCUT2D eigenvalue weighted by molar-refractivity contribution is -0.135. The molecule has 3 fully saturated rings. The Morgan fingerprint density at radius 2 is 1.88 bits per heavy atom. The van der Waals surface area contributed by atoms with E-state index in [2.05, 4.69) is 20.4 Å². The molecule has 4 aliphatic carbocycles. The van der Waals surface area contributed by atoms with E-state index in [0.29, 0.717) is 12.3 Å². The number of carbonyl (C=O) groups excluding carboxylic acids is 2. The van der Waals surface area contributed by atoms with Gasteiger partial charge in [0.15, 0.2) is 17.7 Å². The van der Waals surface area contributed by atoms with Crippen molar-refractivity contribution in [1.29, 1.82) is 0 Å². The smallest absolute Gasteiger partial charge is 0.178 e. The Kier molecular flexibility index (Phi) is 3.40. The Labute approximate surface area is 149 Å². The van der Waals surface area contributed by atoms with Gasteiger partial charge in [-0.1, -0.05) is 32.9 Å². The lowest BCUT2D eigenvalue weighted by Crippen LogP contribution is -2.54. The van der Waals surface area contributed by atoms with Crippen LogP contribution in [-0.4, -0.2) is 17.7 Å². The van der Waals surface area contributed by atoms with Gasteiger partial charge in [-0.15, -0.1) is 0 Å². The van der Waals surface area contributed by atoms with E-state index in [1.165, 1.54) is 0 Å². The molecular formula is C22H27FO2. The van der Waals surface area contributed by atoms with Crippen molar-refractivity contribution >= 4 is 11.6 Å². The summed E-state index contributed by atoms with van der Waals surface area (Å²) in [6, 6.07) is 0. The fourth-order valence-electron chi connectivity index (χ4n) is 6.63. The van der Waals surface area contributed by atoms with E-state index in [-0.39, 0.29) is 34.7 Å². The maximum absolute atomic E-state index is 14.4. The van der Waals surface area contributed by atoms with E-state index in [0.717, 1.165) is 29.6 Å². The first-order valence-corrected chi connectivity index (χ1v) is 9.45. The van der Waals surface area contributed by atoms with Gasteiger partial charge in [0.05, 0.1) is 0 Å². The van der Waals surface area contributed by atoms with Gasteiger partial charge in [-0.2, -0.15) is 0 Å².